The minimum Gasteiger partial charge on any atom is -0.316 e. The van der Waals surface area contributed by atoms with Gasteiger partial charge in [-0.05, 0) is 32.7 Å². The molecule has 2 heterocycles. The van der Waals surface area contributed by atoms with Crippen molar-refractivity contribution in [3.05, 3.63) is 0 Å². The molecule has 2 aliphatic heterocycles. The van der Waals surface area contributed by atoms with Crippen molar-refractivity contribution in [2.45, 2.75) is 32.2 Å². The Morgan fingerprint density at radius 3 is 2.58 bits per heavy atom. The van der Waals surface area contributed by atoms with Crippen LogP contribution in [0.25, 0.3) is 0 Å². The van der Waals surface area contributed by atoms with Gasteiger partial charge in [-0.1, -0.05) is 0 Å². The van der Waals surface area contributed by atoms with E-state index in [0.717, 1.165) is 24.3 Å². The number of hydrazine groups is 1. The van der Waals surface area contributed by atoms with Gasteiger partial charge in [0.25, 0.3) is 5.91 Å². The zero-order valence-electron chi connectivity index (χ0n) is 14.3. The number of rotatable bonds is 5. The van der Waals surface area contributed by atoms with E-state index in [4.69, 9.17) is 4.55 Å². The average molecular weight is 393 g/mol. The van der Waals surface area contributed by atoms with Crippen molar-refractivity contribution in [2.24, 2.45) is 5.92 Å². The second-order valence-electron chi connectivity index (χ2n) is 6.00. The maximum atomic E-state index is 12.3. The van der Waals surface area contributed by atoms with Crippen LogP contribution < -0.4 is 16.2 Å². The van der Waals surface area contributed by atoms with E-state index < -0.39 is 28.4 Å². The van der Waals surface area contributed by atoms with Crippen LogP contribution in [0.4, 0.5) is 4.79 Å². The Bertz CT molecular complexity index is 649. The quantitative estimate of drug-likeness (QED) is 0.321. The van der Waals surface area contributed by atoms with E-state index in [0.29, 0.717) is 11.6 Å². The predicted octanol–water partition coefficient (Wildman–Crippen LogP) is -1.62. The normalized spacial score (nSPS) is 24.3. The number of piperidine rings is 1. The topological polar surface area (TPSA) is 157 Å². The molecule has 0 aromatic heterocycles. The number of hydrogen-bond acceptors (Lipinski definition) is 7. The molecule has 12 nitrogen and oxygen atoms in total. The van der Waals surface area contributed by atoms with Crippen LogP contribution in [-0.2, 0) is 24.3 Å². The van der Waals surface area contributed by atoms with Gasteiger partial charge in [-0.25, -0.2) is 4.79 Å². The molecular formula is C13H23N5O7S. The van der Waals surface area contributed by atoms with Crippen LogP contribution in [0, 0.1) is 5.92 Å². The van der Waals surface area contributed by atoms with E-state index in [1.807, 2.05) is 0 Å². The number of amides is 4. The smallest absolute Gasteiger partial charge is 0.316 e. The van der Waals surface area contributed by atoms with Gasteiger partial charge in [0, 0.05) is 13.1 Å². The Morgan fingerprint density at radius 1 is 1.31 bits per heavy atom. The summed E-state index contributed by atoms with van der Waals surface area (Å²) in [6.07, 6.45) is 1.65. The van der Waals surface area contributed by atoms with E-state index in [-0.39, 0.29) is 31.3 Å². The van der Waals surface area contributed by atoms with Crippen LogP contribution in [-0.4, -0.2) is 73.0 Å². The number of nitrogens with zero attached hydrogens (tertiary/aromatic N) is 2. The van der Waals surface area contributed by atoms with Gasteiger partial charge in [-0.3, -0.25) is 25.0 Å². The third-order valence-electron chi connectivity index (χ3n) is 4.24. The van der Waals surface area contributed by atoms with Crippen LogP contribution >= 0.6 is 0 Å². The molecule has 13 heteroatoms. The monoisotopic (exact) mass is 393 g/mol. The first-order chi connectivity index (χ1) is 12.2. The summed E-state index contributed by atoms with van der Waals surface area (Å²) in [6.45, 7) is 2.87. The lowest BCUT2D eigenvalue weighted by Crippen LogP contribution is -2.61. The Labute approximate surface area is 151 Å². The van der Waals surface area contributed by atoms with Crippen LogP contribution in [0.1, 0.15) is 26.2 Å². The van der Waals surface area contributed by atoms with E-state index in [2.05, 4.69) is 20.5 Å². The Morgan fingerprint density at radius 2 is 2.00 bits per heavy atom. The number of urea groups is 1. The van der Waals surface area contributed by atoms with Crippen molar-refractivity contribution >= 4 is 28.2 Å². The lowest BCUT2D eigenvalue weighted by molar-refractivity contribution is -0.136. The number of hydrogen-bond donors (Lipinski definition) is 4. The number of carbonyl (C=O) groups is 3. The summed E-state index contributed by atoms with van der Waals surface area (Å²) in [6, 6.07) is -1.78. The third-order valence-corrected chi connectivity index (χ3v) is 4.61. The van der Waals surface area contributed by atoms with Gasteiger partial charge in [-0.15, -0.1) is 4.28 Å². The van der Waals surface area contributed by atoms with Crippen LogP contribution in [0.2, 0.25) is 0 Å². The highest BCUT2D eigenvalue weighted by molar-refractivity contribution is 7.80. The SMILES string of the molecule is CCN1C(=O)N(OS(=O)(=O)O)CC[C@H]1C(=O)NNC(=O)[C@@H]1CCCNC1. The zero-order valence-corrected chi connectivity index (χ0v) is 15.1. The highest BCUT2D eigenvalue weighted by Crippen LogP contribution is 2.17. The lowest BCUT2D eigenvalue weighted by atomic mass is 9.99. The van der Waals surface area contributed by atoms with Crippen molar-refractivity contribution in [1.82, 2.24) is 26.1 Å². The van der Waals surface area contributed by atoms with Gasteiger partial charge in [0.15, 0.2) is 0 Å². The fourth-order valence-corrected chi connectivity index (χ4v) is 3.33. The standard InChI is InChI=1S/C13H23N5O7S/c1-2-17-10(5-7-18(13(17)21)25-26(22,23)24)12(20)16-15-11(19)9-4-3-6-14-8-9/h9-10,14H,2-8H2,1H3,(H,15,19)(H,16,20)(H,22,23,24)/t9-,10+/m1/s1. The third kappa shape index (κ3) is 5.27. The Balaban J connectivity index is 1.91. The molecule has 2 fully saturated rings. The lowest BCUT2D eigenvalue weighted by Gasteiger charge is -2.38. The summed E-state index contributed by atoms with van der Waals surface area (Å²) >= 11 is 0. The fraction of sp³-hybridized carbons (Fsp3) is 0.769. The molecule has 2 rings (SSSR count). The molecule has 4 amide bonds. The molecule has 2 aliphatic rings. The Hall–Kier alpha value is -1.96. The van der Waals surface area contributed by atoms with Crippen molar-refractivity contribution in [2.75, 3.05) is 26.2 Å². The summed E-state index contributed by atoms with van der Waals surface area (Å²) in [5, 5.41) is 3.56. The molecule has 0 aromatic rings. The average Bonchev–Trinajstić information content (AvgIpc) is 2.60. The van der Waals surface area contributed by atoms with Crippen molar-refractivity contribution in [3.63, 3.8) is 0 Å². The first-order valence-electron chi connectivity index (χ1n) is 8.28. The first kappa shape index (κ1) is 20.4. The molecule has 0 saturated carbocycles. The highest BCUT2D eigenvalue weighted by atomic mass is 32.3. The van der Waals surface area contributed by atoms with Crippen molar-refractivity contribution in [1.29, 1.82) is 0 Å². The van der Waals surface area contributed by atoms with Gasteiger partial charge in [0.05, 0.1) is 12.5 Å². The minimum absolute atomic E-state index is 0.0573. The van der Waals surface area contributed by atoms with E-state index in [1.54, 1.807) is 6.92 Å². The summed E-state index contributed by atoms with van der Waals surface area (Å²) in [7, 11) is -4.85. The van der Waals surface area contributed by atoms with Crippen LogP contribution in [0.5, 0.6) is 0 Å². The molecular weight excluding hydrogens is 370 g/mol. The van der Waals surface area contributed by atoms with Crippen LogP contribution in [0.15, 0.2) is 0 Å². The maximum absolute atomic E-state index is 12.3. The molecule has 0 aliphatic carbocycles. The summed E-state index contributed by atoms with van der Waals surface area (Å²) < 4.78 is 34.4. The number of carbonyl (C=O) groups excluding carboxylic acids is 3. The number of likely N-dealkylation sites (N-methyl/N-ethyl adjacent to an activating group) is 1. The van der Waals surface area contributed by atoms with Gasteiger partial charge >= 0.3 is 16.4 Å². The fourth-order valence-electron chi connectivity index (χ4n) is 2.96. The first-order valence-corrected chi connectivity index (χ1v) is 9.65. The van der Waals surface area contributed by atoms with Crippen molar-refractivity contribution in [3.8, 4) is 0 Å². The molecule has 0 unspecified atom stereocenters. The van der Waals surface area contributed by atoms with Gasteiger partial charge < -0.3 is 10.2 Å². The van der Waals surface area contributed by atoms with Crippen molar-refractivity contribution < 1.29 is 31.6 Å². The van der Waals surface area contributed by atoms with E-state index in [1.165, 1.54) is 0 Å². The van der Waals surface area contributed by atoms with Gasteiger partial charge in [0.2, 0.25) is 5.91 Å². The van der Waals surface area contributed by atoms with Gasteiger partial charge in [0.1, 0.15) is 6.04 Å². The molecule has 0 spiro atoms. The highest BCUT2D eigenvalue weighted by Gasteiger charge is 2.39. The molecule has 0 radical (unpaired) electrons. The largest absolute Gasteiger partial charge is 0.418 e. The molecule has 0 aromatic carbocycles. The molecule has 4 N–H and O–H groups in total. The summed E-state index contributed by atoms with van der Waals surface area (Å²) in [5.74, 6) is -1.14. The molecule has 26 heavy (non-hydrogen) atoms. The van der Waals surface area contributed by atoms with Crippen LogP contribution in [0.3, 0.4) is 0 Å². The number of hydroxylamine groups is 2. The minimum atomic E-state index is -4.85. The summed E-state index contributed by atoms with van der Waals surface area (Å²) in [4.78, 5) is 37.7. The number of nitrogens with one attached hydrogen (secondary N) is 3. The molecule has 2 saturated heterocycles. The molecule has 2 atom stereocenters. The predicted molar refractivity (Wildman–Crippen MR) is 87.4 cm³/mol. The van der Waals surface area contributed by atoms with E-state index in [9.17, 15) is 22.8 Å². The Kier molecular flexibility index (Phi) is 6.75. The molecule has 0 bridgehead atoms. The second-order valence-corrected chi connectivity index (χ2v) is 7.00. The maximum Gasteiger partial charge on any atom is 0.418 e. The van der Waals surface area contributed by atoms with E-state index >= 15 is 0 Å². The summed E-state index contributed by atoms with van der Waals surface area (Å²) in [5.41, 5.74) is 4.67. The second kappa shape index (κ2) is 8.62. The molecule has 148 valence electrons. The zero-order chi connectivity index (χ0) is 19.3. The van der Waals surface area contributed by atoms with Gasteiger partial charge in [-0.2, -0.15) is 13.5 Å².